The average molecular weight is 422 g/mol. The van der Waals surface area contributed by atoms with Crippen LogP contribution in [0.3, 0.4) is 0 Å². The molecule has 7 heteroatoms. The van der Waals surface area contributed by atoms with Gasteiger partial charge in [-0.2, -0.15) is 0 Å². The molecule has 2 heterocycles. The van der Waals surface area contributed by atoms with Gasteiger partial charge in [-0.1, -0.05) is 30.3 Å². The third-order valence-electron chi connectivity index (χ3n) is 4.41. The van der Waals surface area contributed by atoms with Gasteiger partial charge in [-0.05, 0) is 42.0 Å². The second-order valence-corrected chi connectivity index (χ2v) is 8.77. The van der Waals surface area contributed by atoms with Gasteiger partial charge in [0.15, 0.2) is 0 Å². The number of hydrogen-bond donors (Lipinski definition) is 2. The molecule has 0 saturated heterocycles. The van der Waals surface area contributed by atoms with E-state index in [4.69, 9.17) is 0 Å². The number of amides is 2. The molecule has 5 nitrogen and oxygen atoms in total. The van der Waals surface area contributed by atoms with E-state index in [9.17, 15) is 9.59 Å². The smallest absolute Gasteiger partial charge is 0.251 e. The van der Waals surface area contributed by atoms with Crippen LogP contribution in [-0.2, 0) is 11.3 Å². The van der Waals surface area contributed by atoms with Crippen LogP contribution in [0.1, 0.15) is 20.2 Å². The lowest BCUT2D eigenvalue weighted by atomic mass is 10.1. The van der Waals surface area contributed by atoms with Crippen molar-refractivity contribution in [2.45, 2.75) is 13.5 Å². The number of carbonyl (C=O) groups is 2. The van der Waals surface area contributed by atoms with E-state index >= 15 is 0 Å². The Morgan fingerprint density at radius 1 is 1.00 bits per heavy atom. The highest BCUT2D eigenvalue weighted by Gasteiger charge is 2.10. The number of rotatable bonds is 6. The molecule has 2 aromatic carbocycles. The first-order valence-corrected chi connectivity index (χ1v) is 10.8. The number of nitrogens with one attached hydrogen (secondary N) is 2. The Kier molecular flexibility index (Phi) is 5.69. The van der Waals surface area contributed by atoms with Crippen molar-refractivity contribution >= 4 is 45.3 Å². The van der Waals surface area contributed by atoms with Crippen molar-refractivity contribution in [2.75, 3.05) is 6.54 Å². The number of aromatic nitrogens is 1. The van der Waals surface area contributed by atoms with Crippen LogP contribution in [0.4, 0.5) is 0 Å². The molecule has 2 N–H and O–H groups in total. The first-order chi connectivity index (χ1) is 14.1. The minimum atomic E-state index is -0.261. The van der Waals surface area contributed by atoms with Gasteiger partial charge in [0.2, 0.25) is 5.91 Å². The van der Waals surface area contributed by atoms with Crippen LogP contribution in [-0.4, -0.2) is 23.3 Å². The van der Waals surface area contributed by atoms with Crippen LogP contribution in [0.15, 0.2) is 60.0 Å². The van der Waals surface area contributed by atoms with Crippen molar-refractivity contribution in [3.63, 3.8) is 0 Å². The summed E-state index contributed by atoms with van der Waals surface area (Å²) in [5.74, 6) is -0.484. The van der Waals surface area contributed by atoms with E-state index in [1.807, 2.05) is 60.8 Å². The fourth-order valence-corrected chi connectivity index (χ4v) is 4.52. The number of fused-ring (bicyclic) bond motifs is 1. The highest BCUT2D eigenvalue weighted by molar-refractivity contribution is 7.16. The number of aryl methyl sites for hydroxylation is 1. The molecule has 0 aliphatic carbocycles. The third-order valence-corrected chi connectivity index (χ3v) is 6.30. The zero-order chi connectivity index (χ0) is 20.2. The molecule has 0 spiro atoms. The summed E-state index contributed by atoms with van der Waals surface area (Å²) in [5, 5.41) is 10.7. The van der Waals surface area contributed by atoms with E-state index in [2.05, 4.69) is 15.6 Å². The highest BCUT2D eigenvalue weighted by Crippen LogP contribution is 2.28. The number of thiazole rings is 1. The molecule has 0 radical (unpaired) electrons. The summed E-state index contributed by atoms with van der Waals surface area (Å²) in [5.41, 5.74) is 1.51. The van der Waals surface area contributed by atoms with Crippen molar-refractivity contribution in [3.05, 3.63) is 75.4 Å². The van der Waals surface area contributed by atoms with Crippen molar-refractivity contribution in [1.29, 1.82) is 0 Å². The molecular weight excluding hydrogens is 402 g/mol. The fourth-order valence-electron chi connectivity index (χ4n) is 2.93. The van der Waals surface area contributed by atoms with Crippen LogP contribution in [0.2, 0.25) is 0 Å². The number of carbonyl (C=O) groups excluding carboxylic acids is 2. The standard InChI is InChI=1S/C22H19N3O2S2/c1-14-25-19(13-28-14)20-9-8-18(29-20)11-23-21(26)12-24-22(27)17-7-6-15-4-2-3-5-16(15)10-17/h2-10,13H,11-12H2,1H3,(H,23,26)(H,24,27). The maximum absolute atomic E-state index is 12.3. The van der Waals surface area contributed by atoms with E-state index in [0.717, 1.165) is 31.2 Å². The van der Waals surface area contributed by atoms with Crippen molar-refractivity contribution in [2.24, 2.45) is 0 Å². The lowest BCUT2D eigenvalue weighted by Gasteiger charge is -2.07. The van der Waals surface area contributed by atoms with E-state index in [1.165, 1.54) is 0 Å². The van der Waals surface area contributed by atoms with E-state index in [1.54, 1.807) is 28.7 Å². The van der Waals surface area contributed by atoms with Gasteiger partial charge in [0.05, 0.1) is 28.7 Å². The van der Waals surface area contributed by atoms with Crippen molar-refractivity contribution in [1.82, 2.24) is 15.6 Å². The predicted molar refractivity (Wildman–Crippen MR) is 118 cm³/mol. The minimum absolute atomic E-state index is 0.0603. The minimum Gasteiger partial charge on any atom is -0.350 e. The molecule has 0 fully saturated rings. The van der Waals surface area contributed by atoms with Crippen LogP contribution in [0, 0.1) is 6.92 Å². The normalized spacial score (nSPS) is 10.8. The maximum atomic E-state index is 12.3. The summed E-state index contributed by atoms with van der Waals surface area (Å²) >= 11 is 3.23. The van der Waals surface area contributed by atoms with Gasteiger partial charge in [0.25, 0.3) is 5.91 Å². The predicted octanol–water partition coefficient (Wildman–Crippen LogP) is 4.38. The Bertz CT molecular complexity index is 1180. The lowest BCUT2D eigenvalue weighted by molar-refractivity contribution is -0.120. The molecule has 0 bridgehead atoms. The first-order valence-electron chi connectivity index (χ1n) is 9.13. The van der Waals surface area contributed by atoms with Crippen molar-refractivity contribution in [3.8, 4) is 10.6 Å². The van der Waals surface area contributed by atoms with Crippen LogP contribution in [0.25, 0.3) is 21.3 Å². The Labute approximate surface area is 176 Å². The zero-order valence-electron chi connectivity index (χ0n) is 15.8. The molecule has 0 saturated carbocycles. The second kappa shape index (κ2) is 8.55. The molecule has 4 aromatic rings. The Balaban J connectivity index is 1.28. The molecule has 29 heavy (non-hydrogen) atoms. The number of hydrogen-bond acceptors (Lipinski definition) is 5. The molecule has 0 aliphatic rings. The fraction of sp³-hybridized carbons (Fsp3) is 0.136. The topological polar surface area (TPSA) is 71.1 Å². The molecule has 2 amide bonds. The maximum Gasteiger partial charge on any atom is 0.251 e. The number of benzene rings is 2. The molecule has 0 aliphatic heterocycles. The summed E-state index contributed by atoms with van der Waals surface area (Å²) in [7, 11) is 0. The molecule has 4 rings (SSSR count). The summed E-state index contributed by atoms with van der Waals surface area (Å²) in [6.07, 6.45) is 0. The summed E-state index contributed by atoms with van der Waals surface area (Å²) < 4.78 is 0. The number of thiophene rings is 1. The second-order valence-electron chi connectivity index (χ2n) is 6.54. The zero-order valence-corrected chi connectivity index (χ0v) is 17.4. The van der Waals surface area contributed by atoms with Gasteiger partial charge in [-0.25, -0.2) is 4.98 Å². The molecule has 146 valence electrons. The monoisotopic (exact) mass is 421 g/mol. The van der Waals surface area contributed by atoms with Gasteiger partial charge in [0.1, 0.15) is 0 Å². The summed E-state index contributed by atoms with van der Waals surface area (Å²) in [6.45, 7) is 2.35. The Morgan fingerprint density at radius 2 is 1.83 bits per heavy atom. The van der Waals surface area contributed by atoms with E-state index in [0.29, 0.717) is 12.1 Å². The van der Waals surface area contributed by atoms with Gasteiger partial charge in [-0.3, -0.25) is 9.59 Å². The summed E-state index contributed by atoms with van der Waals surface area (Å²) in [6, 6.07) is 17.4. The quantitative estimate of drug-likeness (QED) is 0.485. The van der Waals surface area contributed by atoms with Gasteiger partial charge in [-0.15, -0.1) is 22.7 Å². The van der Waals surface area contributed by atoms with Gasteiger partial charge >= 0.3 is 0 Å². The number of nitrogens with zero attached hydrogens (tertiary/aromatic N) is 1. The molecule has 0 atom stereocenters. The first kappa shape index (κ1) is 19.3. The van der Waals surface area contributed by atoms with Gasteiger partial charge in [0, 0.05) is 15.8 Å². The largest absolute Gasteiger partial charge is 0.350 e. The van der Waals surface area contributed by atoms with Crippen LogP contribution >= 0.6 is 22.7 Å². The Morgan fingerprint density at radius 3 is 2.62 bits per heavy atom. The average Bonchev–Trinajstić information content (AvgIpc) is 3.39. The van der Waals surface area contributed by atoms with E-state index in [-0.39, 0.29) is 18.4 Å². The van der Waals surface area contributed by atoms with Crippen LogP contribution < -0.4 is 10.6 Å². The van der Waals surface area contributed by atoms with E-state index < -0.39 is 0 Å². The molecule has 0 unspecified atom stereocenters. The van der Waals surface area contributed by atoms with Crippen molar-refractivity contribution < 1.29 is 9.59 Å². The lowest BCUT2D eigenvalue weighted by Crippen LogP contribution is -2.36. The van der Waals surface area contributed by atoms with Gasteiger partial charge < -0.3 is 10.6 Å². The molecule has 2 aromatic heterocycles. The Hall–Kier alpha value is -3.03. The SMILES string of the molecule is Cc1nc(-c2ccc(CNC(=O)CNC(=O)c3ccc4ccccc4c3)s2)cs1. The summed E-state index contributed by atoms with van der Waals surface area (Å²) in [4.78, 5) is 31.1. The highest BCUT2D eigenvalue weighted by atomic mass is 32.1. The van der Waals surface area contributed by atoms with Crippen LogP contribution in [0.5, 0.6) is 0 Å². The molecular formula is C22H19N3O2S2. The third kappa shape index (κ3) is 4.70.